The molecule has 4 rings (SSSR count). The fraction of sp³-hybridized carbons (Fsp3) is 0.739. The zero-order valence-electron chi connectivity index (χ0n) is 18.7. The second kappa shape index (κ2) is 8.82. The Morgan fingerprint density at radius 2 is 1.88 bits per heavy atom. The number of hydrogen-bond donors (Lipinski definition) is 1. The Kier molecular flexibility index (Phi) is 6.42. The van der Waals surface area contributed by atoms with Gasteiger partial charge in [0.05, 0.1) is 17.5 Å². The van der Waals surface area contributed by atoms with E-state index in [4.69, 9.17) is 4.74 Å². The van der Waals surface area contributed by atoms with Crippen LogP contribution in [0.1, 0.15) is 57.2 Å². The number of pyridine rings is 1. The average molecular weight is 456 g/mol. The van der Waals surface area contributed by atoms with Gasteiger partial charge in [-0.15, -0.1) is 0 Å². The summed E-state index contributed by atoms with van der Waals surface area (Å²) in [6.45, 7) is 6.21. The molecule has 6 nitrogen and oxygen atoms in total. The second-order valence-electron chi connectivity index (χ2n) is 9.75. The highest BCUT2D eigenvalue weighted by atomic mass is 19.4. The molecule has 1 aromatic heterocycles. The van der Waals surface area contributed by atoms with E-state index in [2.05, 4.69) is 19.2 Å². The van der Waals surface area contributed by atoms with E-state index in [0.29, 0.717) is 18.7 Å². The van der Waals surface area contributed by atoms with Crippen molar-refractivity contribution in [2.75, 3.05) is 19.8 Å². The molecule has 3 aliphatic rings. The van der Waals surface area contributed by atoms with E-state index in [1.165, 1.54) is 4.57 Å². The van der Waals surface area contributed by atoms with E-state index >= 15 is 0 Å². The number of alkyl halides is 3. The van der Waals surface area contributed by atoms with E-state index in [0.717, 1.165) is 51.4 Å². The molecule has 1 N–H and O–H groups in total. The number of nitrogens with zero attached hydrogens (tertiary/aromatic N) is 2. The number of nitrogens with one attached hydrogen (secondary N) is 1. The Balaban J connectivity index is 1.51. The largest absolute Gasteiger partial charge is 0.416 e. The first kappa shape index (κ1) is 23.3. The van der Waals surface area contributed by atoms with Gasteiger partial charge < -0.3 is 19.5 Å². The smallest absolute Gasteiger partial charge is 0.381 e. The number of aromatic nitrogens is 1. The van der Waals surface area contributed by atoms with Gasteiger partial charge in [0.2, 0.25) is 5.91 Å². The summed E-state index contributed by atoms with van der Waals surface area (Å²) in [5.74, 6) is 0.113. The number of halogens is 3. The topological polar surface area (TPSA) is 63.6 Å². The highest BCUT2D eigenvalue weighted by molar-refractivity contribution is 5.83. The lowest BCUT2D eigenvalue weighted by Gasteiger charge is -2.40. The normalized spacial score (nSPS) is 27.1. The molecule has 2 aliphatic heterocycles. The summed E-state index contributed by atoms with van der Waals surface area (Å²) in [6.07, 6.45) is -0.252. The molecule has 9 heteroatoms. The van der Waals surface area contributed by atoms with Crippen LogP contribution in [-0.2, 0) is 28.8 Å². The molecule has 2 unspecified atom stereocenters. The number of ether oxygens (including phenoxy) is 1. The van der Waals surface area contributed by atoms with Crippen molar-refractivity contribution in [3.8, 4) is 0 Å². The minimum atomic E-state index is -4.59. The summed E-state index contributed by atoms with van der Waals surface area (Å²) in [5, 5.41) is 3.71. The zero-order chi connectivity index (χ0) is 23.1. The lowest BCUT2D eigenvalue weighted by atomic mass is 9.74. The maximum Gasteiger partial charge on any atom is 0.416 e. The van der Waals surface area contributed by atoms with E-state index < -0.39 is 22.7 Å². The van der Waals surface area contributed by atoms with Crippen molar-refractivity contribution in [3.63, 3.8) is 0 Å². The lowest BCUT2D eigenvalue weighted by Crippen LogP contribution is -2.50. The number of carbonyl (C=O) groups is 1. The molecular formula is C23H32F3N3O3. The fourth-order valence-electron chi connectivity index (χ4n) is 5.56. The Morgan fingerprint density at radius 1 is 1.16 bits per heavy atom. The molecule has 0 radical (unpaired) electrons. The number of carbonyl (C=O) groups excluding carboxylic acids is 1. The Hall–Kier alpha value is -1.87. The van der Waals surface area contributed by atoms with E-state index in [1.807, 2.05) is 0 Å². The van der Waals surface area contributed by atoms with Crippen LogP contribution in [0.25, 0.3) is 0 Å². The van der Waals surface area contributed by atoms with Crippen molar-refractivity contribution in [1.29, 1.82) is 0 Å². The molecule has 1 amide bonds. The molecule has 3 heterocycles. The van der Waals surface area contributed by atoms with Gasteiger partial charge in [0.25, 0.3) is 5.56 Å². The molecule has 1 aromatic rings. The number of amides is 1. The van der Waals surface area contributed by atoms with Gasteiger partial charge in [-0.1, -0.05) is 13.8 Å². The molecule has 1 saturated heterocycles. The molecule has 0 aromatic carbocycles. The van der Waals surface area contributed by atoms with Crippen molar-refractivity contribution in [2.24, 2.45) is 11.3 Å². The van der Waals surface area contributed by atoms with Crippen LogP contribution >= 0.6 is 0 Å². The van der Waals surface area contributed by atoms with Gasteiger partial charge in [-0.25, -0.2) is 0 Å². The van der Waals surface area contributed by atoms with Gasteiger partial charge in [-0.3, -0.25) is 9.59 Å². The van der Waals surface area contributed by atoms with E-state index in [-0.39, 0.29) is 36.7 Å². The molecule has 32 heavy (non-hydrogen) atoms. The standard InChI is InChI=1S/C23H32F3N3O3/c1-15(2)22(6-3-18(13-22)27-17-4-9-32-10-5-17)21(31)28-7-8-29-19(14-28)11-16(12-20(29)30)23(24,25)26/h11-12,15,17-18,27H,3-10,13-14H2,1-2H3. The minimum absolute atomic E-state index is 0.000104. The van der Waals surface area contributed by atoms with Crippen molar-refractivity contribution in [2.45, 2.75) is 77.3 Å². The van der Waals surface area contributed by atoms with Crippen LogP contribution in [0.15, 0.2) is 16.9 Å². The summed E-state index contributed by atoms with van der Waals surface area (Å²) < 4.78 is 46.4. The van der Waals surface area contributed by atoms with Gasteiger partial charge in [-0.05, 0) is 44.1 Å². The maximum absolute atomic E-state index is 13.7. The van der Waals surface area contributed by atoms with Crippen molar-refractivity contribution >= 4 is 5.91 Å². The summed E-state index contributed by atoms with van der Waals surface area (Å²) in [5.41, 5.74) is -1.91. The molecule has 178 valence electrons. The van der Waals surface area contributed by atoms with Crippen LogP contribution in [0.5, 0.6) is 0 Å². The fourth-order valence-corrected chi connectivity index (χ4v) is 5.56. The van der Waals surface area contributed by atoms with Gasteiger partial charge in [-0.2, -0.15) is 13.2 Å². The first-order valence-electron chi connectivity index (χ1n) is 11.5. The zero-order valence-corrected chi connectivity index (χ0v) is 18.7. The Morgan fingerprint density at radius 3 is 2.53 bits per heavy atom. The van der Waals surface area contributed by atoms with Crippen LogP contribution < -0.4 is 10.9 Å². The Bertz CT molecular complexity index is 908. The molecule has 1 aliphatic carbocycles. The van der Waals surface area contributed by atoms with Crippen molar-refractivity contribution in [1.82, 2.24) is 14.8 Å². The third-order valence-corrected chi connectivity index (χ3v) is 7.55. The predicted octanol–water partition coefficient (Wildman–Crippen LogP) is 3.17. The highest BCUT2D eigenvalue weighted by Crippen LogP contribution is 2.46. The number of rotatable bonds is 4. The van der Waals surface area contributed by atoms with E-state index in [9.17, 15) is 22.8 Å². The molecule has 2 fully saturated rings. The summed E-state index contributed by atoms with van der Waals surface area (Å²) in [7, 11) is 0. The first-order valence-corrected chi connectivity index (χ1v) is 11.5. The minimum Gasteiger partial charge on any atom is -0.381 e. The lowest BCUT2D eigenvalue weighted by molar-refractivity contribution is -0.146. The Labute approximate surface area is 186 Å². The van der Waals surface area contributed by atoms with Crippen LogP contribution in [0, 0.1) is 11.3 Å². The highest BCUT2D eigenvalue weighted by Gasteiger charge is 2.50. The third-order valence-electron chi connectivity index (χ3n) is 7.55. The molecule has 1 saturated carbocycles. The summed E-state index contributed by atoms with van der Waals surface area (Å²) >= 11 is 0. The number of hydrogen-bond acceptors (Lipinski definition) is 4. The van der Waals surface area contributed by atoms with Crippen molar-refractivity contribution < 1.29 is 22.7 Å². The molecule has 2 atom stereocenters. The van der Waals surface area contributed by atoms with Gasteiger partial charge in [0.1, 0.15) is 0 Å². The average Bonchev–Trinajstić information content (AvgIpc) is 3.18. The predicted molar refractivity (Wildman–Crippen MR) is 113 cm³/mol. The molecule has 0 spiro atoms. The second-order valence-corrected chi connectivity index (χ2v) is 9.75. The maximum atomic E-state index is 13.7. The molecule has 0 bridgehead atoms. The van der Waals surface area contributed by atoms with Crippen LogP contribution in [-0.4, -0.2) is 47.2 Å². The van der Waals surface area contributed by atoms with Crippen LogP contribution in [0.4, 0.5) is 13.2 Å². The summed E-state index contributed by atoms with van der Waals surface area (Å²) in [4.78, 5) is 27.6. The number of fused-ring (bicyclic) bond motifs is 1. The first-order chi connectivity index (χ1) is 15.1. The monoisotopic (exact) mass is 455 g/mol. The van der Waals surface area contributed by atoms with Gasteiger partial charge in [0, 0.05) is 50.1 Å². The van der Waals surface area contributed by atoms with Gasteiger partial charge >= 0.3 is 6.18 Å². The summed E-state index contributed by atoms with van der Waals surface area (Å²) in [6, 6.07) is 2.30. The van der Waals surface area contributed by atoms with Crippen molar-refractivity contribution in [3.05, 3.63) is 33.7 Å². The van der Waals surface area contributed by atoms with E-state index in [1.54, 1.807) is 4.90 Å². The third kappa shape index (κ3) is 4.46. The van der Waals surface area contributed by atoms with Crippen LogP contribution in [0.3, 0.4) is 0 Å². The van der Waals surface area contributed by atoms with Gasteiger partial charge in [0.15, 0.2) is 0 Å². The molecular weight excluding hydrogens is 423 g/mol. The SMILES string of the molecule is CC(C)C1(C(=O)N2CCn3c(cc(C(F)(F)F)cc3=O)C2)CCC(NC2CCOCC2)C1. The quantitative estimate of drug-likeness (QED) is 0.758. The van der Waals surface area contributed by atoms with Crippen LogP contribution in [0.2, 0.25) is 0 Å².